The third kappa shape index (κ3) is 4.07. The molecule has 24 heavy (non-hydrogen) atoms. The molecular formula is C17H19ClN2O3S. The summed E-state index contributed by atoms with van der Waals surface area (Å²) >= 11 is 6.00. The van der Waals surface area contributed by atoms with Crippen molar-refractivity contribution in [3.05, 3.63) is 52.0 Å². The van der Waals surface area contributed by atoms with Gasteiger partial charge in [-0.15, -0.1) is 0 Å². The van der Waals surface area contributed by atoms with E-state index < -0.39 is 10.0 Å². The predicted molar refractivity (Wildman–Crippen MR) is 97.2 cm³/mol. The molecule has 0 aliphatic carbocycles. The molecule has 0 radical (unpaired) electrons. The first-order valence-electron chi connectivity index (χ1n) is 7.28. The standard InChI is InChI=1S/C17H19ClN2O3S/c1-10-7-11(2)17(12(3)8-10)24(22,23)20-14-5-6-15(18)16(9-14)19-13(4)21/h5-9,20H,1-4H3,(H,19,21). The van der Waals surface area contributed by atoms with E-state index in [0.717, 1.165) is 5.56 Å². The lowest BCUT2D eigenvalue weighted by molar-refractivity contribution is -0.114. The summed E-state index contributed by atoms with van der Waals surface area (Å²) in [6.45, 7) is 6.80. The topological polar surface area (TPSA) is 75.3 Å². The fourth-order valence-corrected chi connectivity index (χ4v) is 4.34. The molecule has 7 heteroatoms. The molecule has 2 rings (SSSR count). The molecule has 0 spiro atoms. The molecule has 0 saturated carbocycles. The largest absolute Gasteiger partial charge is 0.325 e. The highest BCUT2D eigenvalue weighted by Gasteiger charge is 2.20. The Kier molecular flexibility index (Phi) is 5.20. The van der Waals surface area contributed by atoms with Crippen LogP contribution in [0.15, 0.2) is 35.2 Å². The number of hydrogen-bond donors (Lipinski definition) is 2. The molecule has 0 saturated heterocycles. The van der Waals surface area contributed by atoms with Crippen LogP contribution in [0.25, 0.3) is 0 Å². The highest BCUT2D eigenvalue weighted by atomic mass is 35.5. The van der Waals surface area contributed by atoms with Crippen molar-refractivity contribution in [1.29, 1.82) is 0 Å². The maximum atomic E-state index is 12.7. The smallest absolute Gasteiger partial charge is 0.262 e. The Bertz CT molecular complexity index is 885. The number of rotatable bonds is 4. The van der Waals surface area contributed by atoms with Crippen LogP contribution in [-0.2, 0) is 14.8 Å². The minimum atomic E-state index is -3.76. The number of carbonyl (C=O) groups is 1. The summed E-state index contributed by atoms with van der Waals surface area (Å²) in [5.41, 5.74) is 3.03. The van der Waals surface area contributed by atoms with Gasteiger partial charge < -0.3 is 5.32 Å². The summed E-state index contributed by atoms with van der Waals surface area (Å²) < 4.78 is 28.0. The van der Waals surface area contributed by atoms with Crippen molar-refractivity contribution >= 4 is 38.9 Å². The number of benzene rings is 2. The number of carbonyl (C=O) groups excluding carboxylic acids is 1. The highest BCUT2D eigenvalue weighted by molar-refractivity contribution is 7.92. The molecule has 0 fully saturated rings. The van der Waals surface area contributed by atoms with Crippen LogP contribution in [0.4, 0.5) is 11.4 Å². The van der Waals surface area contributed by atoms with Crippen molar-refractivity contribution in [2.45, 2.75) is 32.6 Å². The van der Waals surface area contributed by atoms with E-state index in [1.807, 2.05) is 19.1 Å². The molecule has 2 aromatic rings. The summed E-state index contributed by atoms with van der Waals surface area (Å²) in [4.78, 5) is 11.5. The van der Waals surface area contributed by atoms with Gasteiger partial charge in [0.2, 0.25) is 5.91 Å². The average molecular weight is 367 g/mol. The van der Waals surface area contributed by atoms with Crippen molar-refractivity contribution in [2.75, 3.05) is 10.0 Å². The van der Waals surface area contributed by atoms with Crippen molar-refractivity contribution in [3.8, 4) is 0 Å². The Hall–Kier alpha value is -2.05. The van der Waals surface area contributed by atoms with Gasteiger partial charge in [0.05, 0.1) is 21.3 Å². The van der Waals surface area contributed by atoms with Crippen LogP contribution in [0.5, 0.6) is 0 Å². The molecule has 5 nitrogen and oxygen atoms in total. The van der Waals surface area contributed by atoms with E-state index in [9.17, 15) is 13.2 Å². The number of aryl methyl sites for hydroxylation is 3. The van der Waals surface area contributed by atoms with Crippen molar-refractivity contribution in [2.24, 2.45) is 0 Å². The molecule has 0 unspecified atom stereocenters. The molecular weight excluding hydrogens is 348 g/mol. The van der Waals surface area contributed by atoms with Crippen LogP contribution in [-0.4, -0.2) is 14.3 Å². The van der Waals surface area contributed by atoms with Crippen LogP contribution < -0.4 is 10.0 Å². The second-order valence-electron chi connectivity index (χ2n) is 5.71. The summed E-state index contributed by atoms with van der Waals surface area (Å²) in [5.74, 6) is -0.290. The van der Waals surface area contributed by atoms with E-state index in [0.29, 0.717) is 27.5 Å². The number of amides is 1. The first-order valence-corrected chi connectivity index (χ1v) is 9.14. The zero-order valence-electron chi connectivity index (χ0n) is 13.9. The van der Waals surface area contributed by atoms with Crippen LogP contribution in [0, 0.1) is 20.8 Å². The van der Waals surface area contributed by atoms with Gasteiger partial charge in [0.1, 0.15) is 0 Å². The molecule has 128 valence electrons. The number of sulfonamides is 1. The second kappa shape index (κ2) is 6.83. The molecule has 1 amide bonds. The fraction of sp³-hybridized carbons (Fsp3) is 0.235. The molecule has 0 aliphatic heterocycles. The SMILES string of the molecule is CC(=O)Nc1cc(NS(=O)(=O)c2c(C)cc(C)cc2C)ccc1Cl. The third-order valence-corrected chi connectivity index (χ3v) is 5.42. The van der Waals surface area contributed by atoms with Gasteiger partial charge in [0.25, 0.3) is 10.0 Å². The molecule has 0 heterocycles. The van der Waals surface area contributed by atoms with E-state index in [2.05, 4.69) is 10.0 Å². The Morgan fingerprint density at radius 1 is 1.04 bits per heavy atom. The molecule has 2 aromatic carbocycles. The van der Waals surface area contributed by atoms with E-state index in [-0.39, 0.29) is 10.8 Å². The average Bonchev–Trinajstić information content (AvgIpc) is 2.40. The number of hydrogen-bond acceptors (Lipinski definition) is 3. The molecule has 2 N–H and O–H groups in total. The highest BCUT2D eigenvalue weighted by Crippen LogP contribution is 2.28. The molecule has 0 atom stereocenters. The molecule has 0 aromatic heterocycles. The van der Waals surface area contributed by atoms with Crippen molar-refractivity contribution < 1.29 is 13.2 Å². The number of halogens is 1. The zero-order chi connectivity index (χ0) is 18.1. The van der Waals surface area contributed by atoms with Crippen LogP contribution in [0.3, 0.4) is 0 Å². The first-order chi connectivity index (χ1) is 11.1. The third-order valence-electron chi connectivity index (χ3n) is 3.40. The minimum absolute atomic E-state index is 0.254. The Morgan fingerprint density at radius 2 is 1.62 bits per heavy atom. The summed E-state index contributed by atoms with van der Waals surface area (Å²) in [6, 6.07) is 8.21. The lowest BCUT2D eigenvalue weighted by atomic mass is 10.1. The van der Waals surface area contributed by atoms with Gasteiger partial charge in [-0.2, -0.15) is 0 Å². The summed E-state index contributed by atoms with van der Waals surface area (Å²) in [7, 11) is -3.76. The van der Waals surface area contributed by atoms with Crippen molar-refractivity contribution in [3.63, 3.8) is 0 Å². The second-order valence-corrected chi connectivity index (χ2v) is 7.74. The fourth-order valence-electron chi connectivity index (χ4n) is 2.67. The van der Waals surface area contributed by atoms with E-state index in [4.69, 9.17) is 11.6 Å². The lowest BCUT2D eigenvalue weighted by Crippen LogP contribution is -2.16. The van der Waals surface area contributed by atoms with Crippen LogP contribution in [0.2, 0.25) is 5.02 Å². The van der Waals surface area contributed by atoms with Gasteiger partial charge >= 0.3 is 0 Å². The number of anilines is 2. The first kappa shape index (κ1) is 18.3. The lowest BCUT2D eigenvalue weighted by Gasteiger charge is -2.15. The molecule has 0 bridgehead atoms. The normalized spacial score (nSPS) is 11.2. The van der Waals surface area contributed by atoms with Gasteiger partial charge in [-0.25, -0.2) is 8.42 Å². The van der Waals surface area contributed by atoms with Gasteiger partial charge in [-0.1, -0.05) is 29.3 Å². The van der Waals surface area contributed by atoms with Gasteiger partial charge in [0, 0.05) is 6.92 Å². The minimum Gasteiger partial charge on any atom is -0.325 e. The van der Waals surface area contributed by atoms with E-state index in [1.54, 1.807) is 19.9 Å². The summed E-state index contributed by atoms with van der Waals surface area (Å²) in [6.07, 6.45) is 0. The maximum Gasteiger partial charge on any atom is 0.262 e. The maximum absolute atomic E-state index is 12.7. The predicted octanol–water partition coefficient (Wildman–Crippen LogP) is 4.02. The Balaban J connectivity index is 2.42. The van der Waals surface area contributed by atoms with Crippen molar-refractivity contribution in [1.82, 2.24) is 0 Å². The Labute approximate surface area is 147 Å². The van der Waals surface area contributed by atoms with E-state index in [1.165, 1.54) is 19.1 Å². The van der Waals surface area contributed by atoms with E-state index >= 15 is 0 Å². The number of nitrogens with one attached hydrogen (secondary N) is 2. The molecule has 0 aliphatic rings. The van der Waals surface area contributed by atoms with Gasteiger partial charge in [0.15, 0.2) is 0 Å². The van der Waals surface area contributed by atoms with Crippen LogP contribution in [0.1, 0.15) is 23.6 Å². The van der Waals surface area contributed by atoms with Gasteiger partial charge in [-0.3, -0.25) is 9.52 Å². The quantitative estimate of drug-likeness (QED) is 0.857. The summed E-state index contributed by atoms with van der Waals surface area (Å²) in [5, 5.41) is 2.89. The van der Waals surface area contributed by atoms with Gasteiger partial charge in [-0.05, 0) is 50.1 Å². The monoisotopic (exact) mass is 366 g/mol. The Morgan fingerprint density at radius 3 is 2.17 bits per heavy atom. The zero-order valence-corrected chi connectivity index (χ0v) is 15.5. The van der Waals surface area contributed by atoms with Crippen LogP contribution >= 0.6 is 11.6 Å².